The molecular weight excluding hydrogens is 428 g/mol. The summed E-state index contributed by atoms with van der Waals surface area (Å²) >= 11 is 0. The van der Waals surface area contributed by atoms with Gasteiger partial charge in [0.15, 0.2) is 5.79 Å². The molecule has 1 spiro atoms. The molecule has 34 heavy (non-hydrogen) atoms. The zero-order valence-corrected chi connectivity index (χ0v) is 21.8. The topological polar surface area (TPSA) is 61.8 Å². The zero-order chi connectivity index (χ0) is 24.0. The van der Waals surface area contributed by atoms with Gasteiger partial charge in [-0.25, -0.2) is 0 Å². The minimum atomic E-state index is -0.467. The quantitative estimate of drug-likeness (QED) is 0.469. The highest BCUT2D eigenvalue weighted by Crippen LogP contribution is 2.70. The third-order valence-corrected chi connectivity index (χ3v) is 12.1. The van der Waals surface area contributed by atoms with Gasteiger partial charge in [-0.05, 0) is 80.0 Å². The van der Waals surface area contributed by atoms with Crippen molar-refractivity contribution in [1.29, 1.82) is 0 Å². The van der Waals surface area contributed by atoms with Crippen LogP contribution in [0.3, 0.4) is 0 Å². The first kappa shape index (κ1) is 23.5. The smallest absolute Gasteiger partial charge is 0.302 e. The van der Waals surface area contributed by atoms with E-state index in [-0.39, 0.29) is 40.8 Å². The molecule has 5 nitrogen and oxygen atoms in total. The summed E-state index contributed by atoms with van der Waals surface area (Å²) in [6.45, 7) is 11.6. The number of ether oxygens (including phenoxy) is 3. The van der Waals surface area contributed by atoms with Gasteiger partial charge in [0.05, 0.1) is 12.7 Å². The number of Topliss-reactive ketones (excluding diaryl/α,β-unsaturated/α-hetero) is 1. The lowest BCUT2D eigenvalue weighted by atomic mass is 9.44. The second-order valence-corrected chi connectivity index (χ2v) is 13.5. The maximum atomic E-state index is 14.1. The van der Waals surface area contributed by atoms with Gasteiger partial charge < -0.3 is 14.2 Å². The number of hydrogen-bond acceptors (Lipinski definition) is 5. The molecule has 0 aromatic heterocycles. The van der Waals surface area contributed by atoms with Crippen LogP contribution in [0.15, 0.2) is 0 Å². The third kappa shape index (κ3) is 3.11. The van der Waals surface area contributed by atoms with E-state index in [0.717, 1.165) is 51.6 Å². The molecule has 6 fully saturated rings. The monoisotopic (exact) mass is 472 g/mol. The highest BCUT2D eigenvalue weighted by molar-refractivity contribution is 5.87. The predicted octanol–water partition coefficient (Wildman–Crippen LogP) is 5.54. The van der Waals surface area contributed by atoms with Crippen molar-refractivity contribution in [3.8, 4) is 0 Å². The van der Waals surface area contributed by atoms with Crippen LogP contribution >= 0.6 is 0 Å². The summed E-state index contributed by atoms with van der Waals surface area (Å²) in [5.41, 5.74) is -0.0934. The van der Waals surface area contributed by atoms with E-state index in [1.165, 1.54) is 19.8 Å². The normalized spacial score (nSPS) is 56.4. The Balaban J connectivity index is 1.25. The number of esters is 1. The Morgan fingerprint density at radius 3 is 2.53 bits per heavy atom. The second kappa shape index (κ2) is 7.78. The summed E-state index contributed by atoms with van der Waals surface area (Å²) in [5.74, 6) is 3.07. The number of carbonyl (C=O) groups is 2. The maximum absolute atomic E-state index is 14.1. The Morgan fingerprint density at radius 1 is 1.03 bits per heavy atom. The molecule has 2 aliphatic heterocycles. The van der Waals surface area contributed by atoms with Gasteiger partial charge in [-0.1, -0.05) is 27.7 Å². The van der Waals surface area contributed by atoms with Gasteiger partial charge in [0.1, 0.15) is 11.9 Å². The molecule has 0 amide bonds. The fraction of sp³-hybridized carbons (Fsp3) is 0.931. The average Bonchev–Trinajstić information content (AvgIpc) is 3.23. The summed E-state index contributed by atoms with van der Waals surface area (Å²) in [6, 6.07) is 0. The fourth-order valence-corrected chi connectivity index (χ4v) is 10.3. The van der Waals surface area contributed by atoms with Crippen LogP contribution in [0.5, 0.6) is 0 Å². The van der Waals surface area contributed by atoms with Crippen LogP contribution in [0, 0.1) is 52.3 Å². The first-order valence-electron chi connectivity index (χ1n) is 14.1. The van der Waals surface area contributed by atoms with E-state index in [4.69, 9.17) is 14.2 Å². The molecule has 0 bridgehead atoms. The molecule has 4 saturated carbocycles. The van der Waals surface area contributed by atoms with Crippen molar-refractivity contribution in [3.63, 3.8) is 0 Å². The number of carbonyl (C=O) groups excluding carboxylic acids is 2. The number of ketones is 1. The maximum Gasteiger partial charge on any atom is 0.302 e. The summed E-state index contributed by atoms with van der Waals surface area (Å²) < 4.78 is 18.8. The SMILES string of the molecule is CC(=O)O[C@H]1CC[C@@]2(C)[C@@H](CC[C@@H]3[C@@H]2CC(=O)[C@]2(C)[C@@H]4[C@H](C[C@@H]32)O[C@]2(CC[C@H](C)CO2)[C@H]4C)C1. The Morgan fingerprint density at radius 2 is 1.82 bits per heavy atom. The lowest BCUT2D eigenvalue weighted by molar-refractivity contribution is -0.272. The van der Waals surface area contributed by atoms with E-state index in [0.29, 0.717) is 35.4 Å². The van der Waals surface area contributed by atoms with E-state index < -0.39 is 5.79 Å². The molecule has 5 heteroatoms. The summed E-state index contributed by atoms with van der Waals surface area (Å²) in [4.78, 5) is 25.7. The molecule has 12 atom stereocenters. The summed E-state index contributed by atoms with van der Waals surface area (Å²) in [7, 11) is 0. The zero-order valence-electron chi connectivity index (χ0n) is 21.8. The Hall–Kier alpha value is -0.940. The minimum absolute atomic E-state index is 0.0613. The van der Waals surface area contributed by atoms with Crippen LogP contribution in [0.25, 0.3) is 0 Å². The Kier molecular flexibility index (Phi) is 5.37. The van der Waals surface area contributed by atoms with Gasteiger partial charge in [-0.15, -0.1) is 0 Å². The molecule has 0 radical (unpaired) electrons. The lowest BCUT2D eigenvalue weighted by Gasteiger charge is -2.60. The first-order valence-corrected chi connectivity index (χ1v) is 14.1. The molecule has 2 heterocycles. The van der Waals surface area contributed by atoms with Gasteiger partial charge in [0.2, 0.25) is 0 Å². The molecule has 190 valence electrons. The van der Waals surface area contributed by atoms with Crippen LogP contribution < -0.4 is 0 Å². The molecule has 6 rings (SSSR count). The highest BCUT2D eigenvalue weighted by atomic mass is 16.7. The molecule has 0 aromatic rings. The number of rotatable bonds is 1. The van der Waals surface area contributed by atoms with Gasteiger partial charge >= 0.3 is 5.97 Å². The van der Waals surface area contributed by atoms with Gasteiger partial charge in [-0.3, -0.25) is 9.59 Å². The molecule has 0 unspecified atom stereocenters. The van der Waals surface area contributed by atoms with E-state index >= 15 is 0 Å². The molecule has 2 saturated heterocycles. The third-order valence-electron chi connectivity index (χ3n) is 12.1. The second-order valence-electron chi connectivity index (χ2n) is 13.5. The van der Waals surface area contributed by atoms with Crippen LogP contribution in [0.1, 0.15) is 92.4 Å². The minimum Gasteiger partial charge on any atom is -0.463 e. The van der Waals surface area contributed by atoms with E-state index in [1.54, 1.807) is 0 Å². The Labute approximate surface area is 205 Å². The van der Waals surface area contributed by atoms with E-state index in [9.17, 15) is 9.59 Å². The number of fused-ring (bicyclic) bond motifs is 7. The van der Waals surface area contributed by atoms with Crippen molar-refractivity contribution in [2.24, 2.45) is 52.3 Å². The van der Waals surface area contributed by atoms with Crippen LogP contribution in [0.4, 0.5) is 0 Å². The van der Waals surface area contributed by atoms with E-state index in [2.05, 4.69) is 27.7 Å². The van der Waals surface area contributed by atoms with Gasteiger partial charge in [0.25, 0.3) is 0 Å². The molecule has 4 aliphatic carbocycles. The van der Waals surface area contributed by atoms with Crippen molar-refractivity contribution < 1.29 is 23.8 Å². The van der Waals surface area contributed by atoms with Crippen molar-refractivity contribution >= 4 is 11.8 Å². The molecule has 0 aromatic carbocycles. The van der Waals surface area contributed by atoms with E-state index in [1.807, 2.05) is 0 Å². The predicted molar refractivity (Wildman–Crippen MR) is 128 cm³/mol. The fourth-order valence-electron chi connectivity index (χ4n) is 10.3. The number of hydrogen-bond donors (Lipinski definition) is 0. The van der Waals surface area contributed by atoms with Gasteiger partial charge in [-0.2, -0.15) is 0 Å². The van der Waals surface area contributed by atoms with Crippen LogP contribution in [-0.2, 0) is 23.8 Å². The Bertz CT molecular complexity index is 861. The van der Waals surface area contributed by atoms with Crippen molar-refractivity contribution in [1.82, 2.24) is 0 Å². The highest BCUT2D eigenvalue weighted by Gasteiger charge is 2.71. The van der Waals surface area contributed by atoms with Crippen molar-refractivity contribution in [2.75, 3.05) is 6.61 Å². The van der Waals surface area contributed by atoms with Crippen LogP contribution in [0.2, 0.25) is 0 Å². The summed E-state index contributed by atoms with van der Waals surface area (Å²) in [6.07, 6.45) is 9.47. The van der Waals surface area contributed by atoms with Crippen molar-refractivity contribution in [2.45, 2.75) is 110 Å². The standard InChI is InChI=1S/C29H44O5/c1-16-8-11-29(32-15-16)17(2)26-24(34-29)13-23-21-7-6-19-12-20(33-18(3)30)9-10-27(19,4)22(21)14-25(31)28(23,26)5/h16-17,19-24,26H,6-15H2,1-5H3/t16-,17-,19-,20-,21+,22-,23-,24-,26-,27-,28+,29+/m0/s1. The van der Waals surface area contributed by atoms with Crippen molar-refractivity contribution in [3.05, 3.63) is 0 Å². The van der Waals surface area contributed by atoms with Gasteiger partial charge in [0, 0.05) is 37.0 Å². The molecule has 6 aliphatic rings. The lowest BCUT2D eigenvalue weighted by Crippen LogP contribution is -2.58. The van der Waals surface area contributed by atoms with Crippen LogP contribution in [-0.4, -0.2) is 36.4 Å². The summed E-state index contributed by atoms with van der Waals surface area (Å²) in [5, 5.41) is 0. The average molecular weight is 473 g/mol. The largest absolute Gasteiger partial charge is 0.463 e. The molecule has 0 N–H and O–H groups in total. The molecular formula is C29H44O5. The first-order chi connectivity index (χ1) is 16.1.